The Morgan fingerprint density at radius 2 is 1.73 bits per heavy atom. The van der Waals surface area contributed by atoms with E-state index >= 15 is 0 Å². The highest BCUT2D eigenvalue weighted by Crippen LogP contribution is 2.37. The van der Waals surface area contributed by atoms with Gasteiger partial charge in [0.1, 0.15) is 5.75 Å². The molecule has 1 aliphatic rings. The number of rotatable bonds is 5. The van der Waals surface area contributed by atoms with Gasteiger partial charge in [-0.05, 0) is 56.0 Å². The van der Waals surface area contributed by atoms with Gasteiger partial charge in [0.15, 0.2) is 0 Å². The van der Waals surface area contributed by atoms with E-state index in [1.807, 2.05) is 0 Å². The fraction of sp³-hybridized carbons (Fsp3) is 0.600. The molecule has 0 bridgehead atoms. The fourth-order valence-corrected chi connectivity index (χ4v) is 3.95. The van der Waals surface area contributed by atoms with Crippen molar-refractivity contribution in [3.05, 3.63) is 26.6 Å². The normalized spacial score (nSPS) is 16.5. The van der Waals surface area contributed by atoms with Crippen LogP contribution in [0.4, 0.5) is 0 Å². The Bertz CT molecular complexity index is 434. The molecule has 0 unspecified atom stereocenters. The minimum atomic E-state index is 0. The van der Waals surface area contributed by atoms with Crippen LogP contribution in [0.3, 0.4) is 0 Å². The van der Waals surface area contributed by atoms with E-state index in [1.165, 1.54) is 24.8 Å². The Hall–Kier alpha value is 0.480. The summed E-state index contributed by atoms with van der Waals surface area (Å²) in [4.78, 5) is 2.55. The number of phenolic OH excluding ortho intramolecular Hbond substituents is 1. The number of phenols is 1. The van der Waals surface area contributed by atoms with Gasteiger partial charge in [0.05, 0.1) is 8.95 Å². The number of hydrogen-bond donors (Lipinski definition) is 2. The van der Waals surface area contributed by atoms with Gasteiger partial charge in [0.25, 0.3) is 0 Å². The monoisotopic (exact) mass is 476 g/mol. The Kier molecular flexibility index (Phi) is 11.3. The van der Waals surface area contributed by atoms with Gasteiger partial charge in [-0.1, -0.05) is 19.8 Å². The number of piperazine rings is 1. The van der Waals surface area contributed by atoms with Crippen molar-refractivity contribution in [1.29, 1.82) is 0 Å². The number of nitrogens with one attached hydrogen (secondary N) is 1. The Labute approximate surface area is 162 Å². The third-order valence-corrected chi connectivity index (χ3v) is 5.06. The second kappa shape index (κ2) is 11.1. The van der Waals surface area contributed by atoms with E-state index < -0.39 is 0 Å². The van der Waals surface area contributed by atoms with Crippen LogP contribution in [0.1, 0.15) is 37.8 Å². The second-order valence-electron chi connectivity index (χ2n) is 5.28. The molecule has 2 N–H and O–H groups in total. The van der Waals surface area contributed by atoms with Crippen LogP contribution in [-0.2, 0) is 0 Å². The van der Waals surface area contributed by atoms with Gasteiger partial charge in [-0.3, -0.25) is 4.90 Å². The van der Waals surface area contributed by atoms with Crippen LogP contribution in [0.25, 0.3) is 0 Å². The SMILES string of the molecule is CCCC[C@@H](c1cc(Br)c(O)c(Br)c1)N1CCNCC1.Cl.Cl. The molecule has 0 amide bonds. The third-order valence-electron chi connectivity index (χ3n) is 3.85. The lowest BCUT2D eigenvalue weighted by Gasteiger charge is -2.35. The van der Waals surface area contributed by atoms with Crippen molar-refractivity contribution in [1.82, 2.24) is 10.2 Å². The molecule has 0 spiro atoms. The molecule has 1 fully saturated rings. The van der Waals surface area contributed by atoms with Crippen molar-refractivity contribution < 1.29 is 5.11 Å². The zero-order chi connectivity index (χ0) is 14.5. The molecule has 1 saturated heterocycles. The molecule has 1 aromatic carbocycles. The molecule has 0 aromatic heterocycles. The quantitative estimate of drug-likeness (QED) is 0.632. The molecule has 1 atom stereocenters. The van der Waals surface area contributed by atoms with Crippen LogP contribution in [0.5, 0.6) is 5.75 Å². The van der Waals surface area contributed by atoms with E-state index in [4.69, 9.17) is 0 Å². The Balaban J connectivity index is 0.00000220. The highest BCUT2D eigenvalue weighted by atomic mass is 79.9. The first-order valence-electron chi connectivity index (χ1n) is 7.26. The summed E-state index contributed by atoms with van der Waals surface area (Å²) < 4.78 is 1.53. The van der Waals surface area contributed by atoms with Crippen LogP contribution in [0, 0.1) is 0 Å². The van der Waals surface area contributed by atoms with Crippen LogP contribution in [-0.4, -0.2) is 36.2 Å². The van der Waals surface area contributed by atoms with E-state index in [-0.39, 0.29) is 30.6 Å². The maximum atomic E-state index is 9.88. The van der Waals surface area contributed by atoms with Crippen LogP contribution in [0.15, 0.2) is 21.1 Å². The molecule has 7 heteroatoms. The third kappa shape index (κ3) is 5.84. The highest BCUT2D eigenvalue weighted by Gasteiger charge is 2.23. The van der Waals surface area contributed by atoms with E-state index in [0.29, 0.717) is 6.04 Å². The Morgan fingerprint density at radius 1 is 1.18 bits per heavy atom. The minimum absolute atomic E-state index is 0. The maximum Gasteiger partial charge on any atom is 0.143 e. The molecule has 128 valence electrons. The average Bonchev–Trinajstić information content (AvgIpc) is 2.46. The van der Waals surface area contributed by atoms with Crippen molar-refractivity contribution in [3.63, 3.8) is 0 Å². The lowest BCUT2D eigenvalue weighted by atomic mass is 9.98. The summed E-state index contributed by atoms with van der Waals surface area (Å²) in [6.45, 7) is 6.53. The fourth-order valence-electron chi connectivity index (χ4n) is 2.73. The summed E-state index contributed by atoms with van der Waals surface area (Å²) in [5.41, 5.74) is 1.27. The van der Waals surface area contributed by atoms with Crippen molar-refractivity contribution in [2.24, 2.45) is 0 Å². The molecule has 1 aliphatic heterocycles. The first-order valence-corrected chi connectivity index (χ1v) is 8.84. The predicted molar refractivity (Wildman–Crippen MR) is 105 cm³/mol. The highest BCUT2D eigenvalue weighted by molar-refractivity contribution is 9.11. The number of halogens is 4. The second-order valence-corrected chi connectivity index (χ2v) is 6.99. The van der Waals surface area contributed by atoms with Crippen molar-refractivity contribution in [2.45, 2.75) is 32.2 Å². The molecule has 22 heavy (non-hydrogen) atoms. The largest absolute Gasteiger partial charge is 0.506 e. The molecular weight excluding hydrogens is 455 g/mol. The molecular formula is C15H24Br2Cl2N2O. The predicted octanol–water partition coefficient (Wildman–Crippen LogP) is 4.90. The smallest absolute Gasteiger partial charge is 0.143 e. The standard InChI is InChI=1S/C15H22Br2N2O.2ClH/c1-2-3-4-14(19-7-5-18-6-8-19)11-9-12(16)15(20)13(17)10-11;;/h9-10,14,18,20H,2-8H2,1H3;2*1H/t14-;;/m0../s1. The van der Waals surface area contributed by atoms with E-state index in [0.717, 1.165) is 35.1 Å². The summed E-state index contributed by atoms with van der Waals surface area (Å²) in [5, 5.41) is 13.3. The van der Waals surface area contributed by atoms with E-state index in [1.54, 1.807) is 0 Å². The van der Waals surface area contributed by atoms with Gasteiger partial charge >= 0.3 is 0 Å². The van der Waals surface area contributed by atoms with Gasteiger partial charge in [0, 0.05) is 32.2 Å². The van der Waals surface area contributed by atoms with Gasteiger partial charge in [0.2, 0.25) is 0 Å². The first-order chi connectivity index (χ1) is 9.63. The number of hydrogen-bond acceptors (Lipinski definition) is 3. The summed E-state index contributed by atoms with van der Waals surface area (Å²) in [7, 11) is 0. The summed E-state index contributed by atoms with van der Waals surface area (Å²) in [6, 6.07) is 4.55. The van der Waals surface area contributed by atoms with Crippen molar-refractivity contribution in [2.75, 3.05) is 26.2 Å². The van der Waals surface area contributed by atoms with Crippen LogP contribution in [0.2, 0.25) is 0 Å². The lowest BCUT2D eigenvalue weighted by molar-refractivity contribution is 0.163. The Morgan fingerprint density at radius 3 is 2.23 bits per heavy atom. The zero-order valence-electron chi connectivity index (χ0n) is 12.6. The molecule has 3 nitrogen and oxygen atoms in total. The van der Waals surface area contributed by atoms with Crippen LogP contribution >= 0.6 is 56.7 Å². The maximum absolute atomic E-state index is 9.88. The summed E-state index contributed by atoms with van der Waals surface area (Å²) in [6.07, 6.45) is 3.61. The van der Waals surface area contributed by atoms with E-state index in [2.05, 4.69) is 61.1 Å². The van der Waals surface area contributed by atoms with Gasteiger partial charge in [-0.2, -0.15) is 0 Å². The van der Waals surface area contributed by atoms with E-state index in [9.17, 15) is 5.11 Å². The molecule has 0 radical (unpaired) electrons. The van der Waals surface area contributed by atoms with Crippen molar-refractivity contribution in [3.8, 4) is 5.75 Å². The number of nitrogens with zero attached hydrogens (tertiary/aromatic N) is 1. The summed E-state index contributed by atoms with van der Waals surface area (Å²) >= 11 is 6.89. The first kappa shape index (κ1) is 22.5. The molecule has 1 aromatic rings. The average molecular weight is 479 g/mol. The lowest BCUT2D eigenvalue weighted by Crippen LogP contribution is -2.45. The molecule has 1 heterocycles. The van der Waals surface area contributed by atoms with Gasteiger partial charge in [-0.25, -0.2) is 0 Å². The molecule has 2 rings (SSSR count). The summed E-state index contributed by atoms with van der Waals surface area (Å²) in [5.74, 6) is 0.281. The minimum Gasteiger partial charge on any atom is -0.506 e. The van der Waals surface area contributed by atoms with Crippen LogP contribution < -0.4 is 5.32 Å². The van der Waals surface area contributed by atoms with Gasteiger partial charge < -0.3 is 10.4 Å². The molecule has 0 aliphatic carbocycles. The van der Waals surface area contributed by atoms with Crippen molar-refractivity contribution >= 4 is 56.7 Å². The van der Waals surface area contributed by atoms with Gasteiger partial charge in [-0.15, -0.1) is 24.8 Å². The topological polar surface area (TPSA) is 35.5 Å². The number of benzene rings is 1. The zero-order valence-corrected chi connectivity index (χ0v) is 17.5. The number of aromatic hydroxyl groups is 1. The molecule has 0 saturated carbocycles. The number of unbranched alkanes of at least 4 members (excludes halogenated alkanes) is 1.